The number of fused-ring (bicyclic) bond motifs is 1. The first-order valence-electron chi connectivity index (χ1n) is 10.3. The summed E-state index contributed by atoms with van der Waals surface area (Å²) in [4.78, 5) is 36.9. The van der Waals surface area contributed by atoms with Gasteiger partial charge in [-0.25, -0.2) is 9.59 Å². The molecule has 8 nitrogen and oxygen atoms in total. The normalized spacial score (nSPS) is 15.5. The van der Waals surface area contributed by atoms with Crippen molar-refractivity contribution in [1.29, 1.82) is 0 Å². The van der Waals surface area contributed by atoms with E-state index in [0.717, 1.165) is 16.3 Å². The number of hydrogen-bond acceptors (Lipinski definition) is 6. The predicted octanol–water partition coefficient (Wildman–Crippen LogP) is 4.59. The Morgan fingerprint density at radius 1 is 0.969 bits per heavy atom. The second-order valence-electron chi connectivity index (χ2n) is 7.58. The van der Waals surface area contributed by atoms with Gasteiger partial charge >= 0.3 is 12.1 Å². The third-order valence-corrected chi connectivity index (χ3v) is 5.52. The van der Waals surface area contributed by atoms with E-state index in [1.54, 1.807) is 0 Å². The van der Waals surface area contributed by atoms with Crippen LogP contribution >= 0.6 is 0 Å². The minimum Gasteiger partial charge on any atom is -0.459 e. The third kappa shape index (κ3) is 4.69. The van der Waals surface area contributed by atoms with Crippen LogP contribution < -0.4 is 0 Å². The van der Waals surface area contributed by atoms with Gasteiger partial charge in [-0.15, -0.1) is 0 Å². The molecule has 1 fully saturated rings. The number of nitrogens with zero attached hydrogens (tertiary/aromatic N) is 2. The van der Waals surface area contributed by atoms with E-state index in [-0.39, 0.29) is 18.9 Å². The van der Waals surface area contributed by atoms with Crippen molar-refractivity contribution in [2.45, 2.75) is 32.1 Å². The largest absolute Gasteiger partial charge is 0.459 e. The molecule has 0 aromatic heterocycles. The summed E-state index contributed by atoms with van der Waals surface area (Å²) in [6.45, 7) is 0.513. The van der Waals surface area contributed by atoms with Crippen LogP contribution in [0, 0.1) is 10.1 Å². The van der Waals surface area contributed by atoms with Gasteiger partial charge in [-0.2, -0.15) is 0 Å². The lowest BCUT2D eigenvalue weighted by Gasteiger charge is -2.23. The minimum atomic E-state index is -0.701. The second kappa shape index (κ2) is 9.47. The minimum absolute atomic E-state index is 0.0216. The molecular weight excluding hydrogens is 412 g/mol. The highest BCUT2D eigenvalue weighted by Crippen LogP contribution is 2.23. The Morgan fingerprint density at radius 2 is 1.72 bits per heavy atom. The molecule has 32 heavy (non-hydrogen) atoms. The average Bonchev–Trinajstić information content (AvgIpc) is 3.31. The predicted molar refractivity (Wildman–Crippen MR) is 117 cm³/mol. The zero-order valence-corrected chi connectivity index (χ0v) is 17.3. The second-order valence-corrected chi connectivity index (χ2v) is 7.58. The zero-order valence-electron chi connectivity index (χ0n) is 17.3. The summed E-state index contributed by atoms with van der Waals surface area (Å²) >= 11 is 0. The highest BCUT2D eigenvalue weighted by Gasteiger charge is 2.36. The lowest BCUT2D eigenvalue weighted by atomic mass is 10.1. The van der Waals surface area contributed by atoms with Crippen LogP contribution in [0.15, 0.2) is 66.7 Å². The van der Waals surface area contributed by atoms with Crippen molar-refractivity contribution in [3.05, 3.63) is 88.0 Å². The molecule has 3 aromatic carbocycles. The molecule has 3 aromatic rings. The number of hydrogen-bond donors (Lipinski definition) is 0. The van der Waals surface area contributed by atoms with Gasteiger partial charge in [0.2, 0.25) is 0 Å². The van der Waals surface area contributed by atoms with Crippen molar-refractivity contribution >= 4 is 28.5 Å². The summed E-state index contributed by atoms with van der Waals surface area (Å²) in [5, 5.41) is 12.8. The number of nitro benzene ring substituents is 1. The summed E-state index contributed by atoms with van der Waals surface area (Å²) in [5.74, 6) is -0.511. The number of likely N-dealkylation sites (tertiary alicyclic amines) is 1. The summed E-state index contributed by atoms with van der Waals surface area (Å²) in [6.07, 6.45) is 0.635. The van der Waals surface area contributed by atoms with Crippen molar-refractivity contribution in [3.8, 4) is 0 Å². The van der Waals surface area contributed by atoms with Gasteiger partial charge in [0.05, 0.1) is 4.92 Å². The van der Waals surface area contributed by atoms with E-state index in [0.29, 0.717) is 24.9 Å². The highest BCUT2D eigenvalue weighted by molar-refractivity contribution is 5.86. The van der Waals surface area contributed by atoms with Crippen LogP contribution in [0.1, 0.15) is 24.0 Å². The summed E-state index contributed by atoms with van der Waals surface area (Å²) in [6, 6.07) is 18.8. The number of rotatable bonds is 6. The summed E-state index contributed by atoms with van der Waals surface area (Å²) in [7, 11) is 0. The molecule has 1 saturated heterocycles. The Morgan fingerprint density at radius 3 is 2.50 bits per heavy atom. The number of carbonyl (C=O) groups excluding carboxylic acids is 2. The van der Waals surface area contributed by atoms with Crippen molar-refractivity contribution in [2.75, 3.05) is 6.54 Å². The SMILES string of the molecule is O=C(OCc1ccc([N+](=O)[O-])cc1)C1CCCN1C(=O)OCc1cccc2ccccc12. The van der Waals surface area contributed by atoms with Crippen LogP contribution in [0.25, 0.3) is 10.8 Å². The maximum absolute atomic E-state index is 12.7. The van der Waals surface area contributed by atoms with E-state index in [2.05, 4.69) is 0 Å². The fourth-order valence-electron chi connectivity index (χ4n) is 3.84. The topological polar surface area (TPSA) is 99.0 Å². The number of nitro groups is 1. The fourth-order valence-corrected chi connectivity index (χ4v) is 3.84. The number of non-ortho nitro benzene ring substituents is 1. The van der Waals surface area contributed by atoms with E-state index < -0.39 is 23.0 Å². The molecular formula is C24H22N2O6. The standard InChI is InChI=1S/C24H22N2O6/c27-23(31-15-17-10-12-20(13-11-17)26(29)30)22-9-4-14-25(22)24(28)32-16-19-7-3-6-18-5-1-2-8-21(18)19/h1-3,5-8,10-13,22H,4,9,14-16H2. The van der Waals surface area contributed by atoms with Crippen molar-refractivity contribution in [3.63, 3.8) is 0 Å². The Kier molecular flexibility index (Phi) is 6.30. The van der Waals surface area contributed by atoms with Gasteiger partial charge in [0.1, 0.15) is 19.3 Å². The first-order valence-corrected chi connectivity index (χ1v) is 10.3. The van der Waals surface area contributed by atoms with Gasteiger partial charge < -0.3 is 9.47 Å². The molecule has 1 aliphatic rings. The molecule has 1 heterocycles. The molecule has 1 aliphatic heterocycles. The van der Waals surface area contributed by atoms with Crippen LogP contribution in [-0.4, -0.2) is 34.5 Å². The lowest BCUT2D eigenvalue weighted by molar-refractivity contribution is -0.384. The van der Waals surface area contributed by atoms with Crippen molar-refractivity contribution < 1.29 is 24.0 Å². The molecule has 0 N–H and O–H groups in total. The number of benzene rings is 3. The molecule has 0 radical (unpaired) electrons. The lowest BCUT2D eigenvalue weighted by Crippen LogP contribution is -2.41. The van der Waals surface area contributed by atoms with Crippen LogP contribution in [0.3, 0.4) is 0 Å². The van der Waals surface area contributed by atoms with E-state index in [1.165, 1.54) is 29.2 Å². The van der Waals surface area contributed by atoms with Gasteiger partial charge in [-0.3, -0.25) is 15.0 Å². The Hall–Kier alpha value is -3.94. The van der Waals surface area contributed by atoms with E-state index >= 15 is 0 Å². The zero-order chi connectivity index (χ0) is 22.5. The van der Waals surface area contributed by atoms with Crippen molar-refractivity contribution in [1.82, 2.24) is 4.90 Å². The van der Waals surface area contributed by atoms with Gasteiger partial charge in [0.15, 0.2) is 0 Å². The first-order chi connectivity index (χ1) is 15.5. The number of amides is 1. The molecule has 0 saturated carbocycles. The fraction of sp³-hybridized carbons (Fsp3) is 0.250. The maximum atomic E-state index is 12.7. The molecule has 1 amide bonds. The van der Waals surface area contributed by atoms with Crippen LogP contribution in [-0.2, 0) is 27.5 Å². The Bertz CT molecular complexity index is 1140. The van der Waals surface area contributed by atoms with E-state index in [9.17, 15) is 19.7 Å². The summed E-state index contributed by atoms with van der Waals surface area (Å²) < 4.78 is 10.9. The number of carbonyl (C=O) groups is 2. The van der Waals surface area contributed by atoms with Crippen LogP contribution in [0.2, 0.25) is 0 Å². The molecule has 0 bridgehead atoms. The van der Waals surface area contributed by atoms with Gasteiger partial charge in [-0.05, 0) is 46.9 Å². The molecule has 4 rings (SSSR count). The Labute approximate surface area is 184 Å². The third-order valence-electron chi connectivity index (χ3n) is 5.52. The van der Waals surface area contributed by atoms with Crippen molar-refractivity contribution in [2.24, 2.45) is 0 Å². The number of ether oxygens (including phenoxy) is 2. The van der Waals surface area contributed by atoms with Gasteiger partial charge in [0, 0.05) is 18.7 Å². The smallest absolute Gasteiger partial charge is 0.410 e. The molecule has 1 atom stereocenters. The van der Waals surface area contributed by atoms with Crippen LogP contribution in [0.4, 0.5) is 10.5 Å². The van der Waals surface area contributed by atoms with Crippen LogP contribution in [0.5, 0.6) is 0 Å². The number of esters is 1. The van der Waals surface area contributed by atoms with E-state index in [1.807, 2.05) is 42.5 Å². The van der Waals surface area contributed by atoms with E-state index in [4.69, 9.17) is 9.47 Å². The molecule has 0 spiro atoms. The average molecular weight is 434 g/mol. The first kappa shape index (κ1) is 21.3. The monoisotopic (exact) mass is 434 g/mol. The molecule has 1 unspecified atom stereocenters. The van der Waals surface area contributed by atoms with Gasteiger partial charge in [0.25, 0.3) is 5.69 Å². The maximum Gasteiger partial charge on any atom is 0.410 e. The quantitative estimate of drug-likeness (QED) is 0.320. The van der Waals surface area contributed by atoms with Gasteiger partial charge in [-0.1, -0.05) is 42.5 Å². The molecule has 8 heteroatoms. The Balaban J connectivity index is 1.34. The molecule has 0 aliphatic carbocycles. The summed E-state index contributed by atoms with van der Waals surface area (Å²) in [5.41, 5.74) is 1.50. The molecule has 164 valence electrons. The highest BCUT2D eigenvalue weighted by atomic mass is 16.6.